The Bertz CT molecular complexity index is 1310. The minimum Gasteiger partial charge on any atom is -0.508 e. The number of phenols is 2. The number of phenolic OH excluding ortho intramolecular Hbond substituents is 2. The third kappa shape index (κ3) is 5.68. The van der Waals surface area contributed by atoms with Gasteiger partial charge in [0.15, 0.2) is 6.10 Å². The van der Waals surface area contributed by atoms with Crippen LogP contribution in [0.4, 0.5) is 0 Å². The number of aromatic hydroxyl groups is 2. The van der Waals surface area contributed by atoms with Crippen molar-refractivity contribution < 1.29 is 34.0 Å². The standard InChI is InChI=1S/C29H28O7/c1-17(2)9-10-20-13-21(11-12-25(20)34-18(3)30)29(33)36-27-16-23-24(32)14-22(31)15-26(23)35-28(27)19-7-5-4-6-8-19/h4-9,11-15,27-28,31-32H,10,16H2,1-3H3/t27-,28-/m1/s1. The van der Waals surface area contributed by atoms with Gasteiger partial charge in [-0.05, 0) is 49.6 Å². The summed E-state index contributed by atoms with van der Waals surface area (Å²) < 4.78 is 17.4. The summed E-state index contributed by atoms with van der Waals surface area (Å²) in [7, 11) is 0. The quantitative estimate of drug-likeness (QED) is 0.271. The predicted octanol–water partition coefficient (Wildman–Crippen LogP) is 5.43. The zero-order chi connectivity index (χ0) is 25.8. The van der Waals surface area contributed by atoms with E-state index in [9.17, 15) is 19.8 Å². The number of hydrogen-bond acceptors (Lipinski definition) is 7. The van der Waals surface area contributed by atoms with Crippen LogP contribution < -0.4 is 9.47 Å². The van der Waals surface area contributed by atoms with E-state index in [2.05, 4.69) is 0 Å². The van der Waals surface area contributed by atoms with Crippen LogP contribution in [0.1, 0.15) is 53.9 Å². The topological polar surface area (TPSA) is 102 Å². The molecule has 3 aromatic rings. The summed E-state index contributed by atoms with van der Waals surface area (Å²) in [4.78, 5) is 24.8. The van der Waals surface area contributed by atoms with Crippen molar-refractivity contribution in [1.29, 1.82) is 0 Å². The van der Waals surface area contributed by atoms with E-state index in [1.54, 1.807) is 18.2 Å². The van der Waals surface area contributed by atoms with E-state index >= 15 is 0 Å². The lowest BCUT2D eigenvalue weighted by Gasteiger charge is -2.34. The number of benzene rings is 3. The van der Waals surface area contributed by atoms with E-state index in [1.807, 2.05) is 50.3 Å². The Kier molecular flexibility index (Phi) is 7.29. The normalized spacial score (nSPS) is 16.3. The number of fused-ring (bicyclic) bond motifs is 1. The van der Waals surface area contributed by atoms with Gasteiger partial charge in [0.25, 0.3) is 0 Å². The lowest BCUT2D eigenvalue weighted by Crippen LogP contribution is -2.34. The molecule has 3 aromatic carbocycles. The van der Waals surface area contributed by atoms with Gasteiger partial charge >= 0.3 is 11.9 Å². The Morgan fingerprint density at radius 3 is 2.47 bits per heavy atom. The molecule has 1 heterocycles. The van der Waals surface area contributed by atoms with Crippen LogP contribution in [0.15, 0.2) is 72.3 Å². The maximum atomic E-state index is 13.3. The molecule has 0 aromatic heterocycles. The third-order valence-corrected chi connectivity index (χ3v) is 5.83. The molecule has 0 bridgehead atoms. The van der Waals surface area contributed by atoms with E-state index in [1.165, 1.54) is 19.1 Å². The van der Waals surface area contributed by atoms with Crippen molar-refractivity contribution in [3.8, 4) is 23.0 Å². The number of carbonyl (C=O) groups excluding carboxylic acids is 2. The van der Waals surface area contributed by atoms with Crippen molar-refractivity contribution in [1.82, 2.24) is 0 Å². The van der Waals surface area contributed by atoms with Crippen LogP contribution in [-0.4, -0.2) is 28.3 Å². The highest BCUT2D eigenvalue weighted by molar-refractivity contribution is 5.90. The predicted molar refractivity (Wildman–Crippen MR) is 133 cm³/mol. The highest BCUT2D eigenvalue weighted by Gasteiger charge is 2.36. The Morgan fingerprint density at radius 1 is 1.03 bits per heavy atom. The first-order chi connectivity index (χ1) is 17.2. The number of esters is 2. The first-order valence-electron chi connectivity index (χ1n) is 11.6. The van der Waals surface area contributed by atoms with Gasteiger partial charge in [0.1, 0.15) is 29.1 Å². The Labute approximate surface area is 209 Å². The fourth-order valence-corrected chi connectivity index (χ4v) is 4.12. The van der Waals surface area contributed by atoms with Gasteiger partial charge in [0, 0.05) is 31.0 Å². The first kappa shape index (κ1) is 24.9. The van der Waals surface area contributed by atoms with Crippen LogP contribution in [0, 0.1) is 0 Å². The first-order valence-corrected chi connectivity index (χ1v) is 11.6. The van der Waals surface area contributed by atoms with Gasteiger partial charge in [-0.15, -0.1) is 0 Å². The molecule has 7 nitrogen and oxygen atoms in total. The molecule has 4 rings (SSSR count). The Morgan fingerprint density at radius 2 is 1.78 bits per heavy atom. The van der Waals surface area contributed by atoms with Crippen LogP contribution in [0.2, 0.25) is 0 Å². The van der Waals surface area contributed by atoms with Crippen molar-refractivity contribution in [2.24, 2.45) is 0 Å². The minimum absolute atomic E-state index is 0.120. The number of allylic oxidation sites excluding steroid dienone is 2. The monoisotopic (exact) mass is 488 g/mol. The molecule has 0 saturated carbocycles. The van der Waals surface area contributed by atoms with E-state index < -0.39 is 24.1 Å². The number of carbonyl (C=O) groups is 2. The van der Waals surface area contributed by atoms with Gasteiger partial charge < -0.3 is 24.4 Å². The van der Waals surface area contributed by atoms with Crippen LogP contribution >= 0.6 is 0 Å². The molecule has 0 amide bonds. The molecule has 0 spiro atoms. The van der Waals surface area contributed by atoms with Gasteiger partial charge in [-0.1, -0.05) is 42.0 Å². The van der Waals surface area contributed by atoms with Crippen molar-refractivity contribution in [3.63, 3.8) is 0 Å². The van der Waals surface area contributed by atoms with E-state index in [-0.39, 0.29) is 17.9 Å². The molecule has 7 heteroatoms. The molecule has 0 unspecified atom stereocenters. The summed E-state index contributed by atoms with van der Waals surface area (Å²) in [5.74, 6) is -0.545. The SMILES string of the molecule is CC(=O)Oc1ccc(C(=O)O[C@@H]2Cc3c(O)cc(O)cc3O[C@@H]2c2ccccc2)cc1CC=C(C)C. The molecule has 0 radical (unpaired) electrons. The summed E-state index contributed by atoms with van der Waals surface area (Å²) in [6, 6.07) is 16.8. The van der Waals surface area contributed by atoms with Crippen LogP contribution in [0.25, 0.3) is 0 Å². The number of ether oxygens (including phenoxy) is 3. The van der Waals surface area contributed by atoms with Crippen LogP contribution in [-0.2, 0) is 22.4 Å². The second-order valence-electron chi connectivity index (χ2n) is 8.94. The highest BCUT2D eigenvalue weighted by atomic mass is 16.6. The van der Waals surface area contributed by atoms with Crippen molar-refractivity contribution in [2.75, 3.05) is 0 Å². The Balaban J connectivity index is 1.65. The average molecular weight is 489 g/mol. The van der Waals surface area contributed by atoms with Gasteiger partial charge in [-0.25, -0.2) is 4.79 Å². The van der Waals surface area contributed by atoms with E-state index in [4.69, 9.17) is 14.2 Å². The summed E-state index contributed by atoms with van der Waals surface area (Å²) in [5.41, 5.74) is 3.31. The Hall–Kier alpha value is -4.26. The second-order valence-corrected chi connectivity index (χ2v) is 8.94. The molecule has 1 aliphatic rings. The van der Waals surface area contributed by atoms with Gasteiger partial charge in [0.05, 0.1) is 5.56 Å². The zero-order valence-electron chi connectivity index (χ0n) is 20.4. The maximum Gasteiger partial charge on any atom is 0.338 e. The van der Waals surface area contributed by atoms with Gasteiger partial charge in [0.2, 0.25) is 0 Å². The molecule has 186 valence electrons. The fourth-order valence-electron chi connectivity index (χ4n) is 4.12. The summed E-state index contributed by atoms with van der Waals surface area (Å²) in [6.45, 7) is 5.25. The van der Waals surface area contributed by atoms with Gasteiger partial charge in [-0.3, -0.25) is 4.79 Å². The molecule has 1 aliphatic heterocycles. The fraction of sp³-hybridized carbons (Fsp3) is 0.241. The highest BCUT2D eigenvalue weighted by Crippen LogP contribution is 2.43. The average Bonchev–Trinajstić information content (AvgIpc) is 2.83. The van der Waals surface area contributed by atoms with E-state index in [0.29, 0.717) is 34.6 Å². The van der Waals surface area contributed by atoms with Crippen molar-refractivity contribution in [2.45, 2.75) is 45.8 Å². The molecule has 36 heavy (non-hydrogen) atoms. The van der Waals surface area contributed by atoms with Crippen LogP contribution in [0.5, 0.6) is 23.0 Å². The molecule has 0 saturated heterocycles. The van der Waals surface area contributed by atoms with Crippen molar-refractivity contribution >= 4 is 11.9 Å². The molecular formula is C29H28O7. The number of hydrogen-bond donors (Lipinski definition) is 2. The number of rotatable bonds is 6. The summed E-state index contributed by atoms with van der Waals surface area (Å²) in [6.07, 6.45) is 1.28. The van der Waals surface area contributed by atoms with Crippen molar-refractivity contribution in [3.05, 3.63) is 94.6 Å². The lowest BCUT2D eigenvalue weighted by atomic mass is 9.93. The maximum absolute atomic E-state index is 13.3. The summed E-state index contributed by atoms with van der Waals surface area (Å²) in [5, 5.41) is 20.3. The smallest absolute Gasteiger partial charge is 0.338 e. The molecule has 0 aliphatic carbocycles. The molecule has 2 N–H and O–H groups in total. The molecular weight excluding hydrogens is 460 g/mol. The summed E-state index contributed by atoms with van der Waals surface area (Å²) >= 11 is 0. The lowest BCUT2D eigenvalue weighted by molar-refractivity contribution is -0.131. The van der Waals surface area contributed by atoms with E-state index in [0.717, 1.165) is 11.1 Å². The molecule has 2 atom stereocenters. The molecule has 0 fully saturated rings. The van der Waals surface area contributed by atoms with Crippen LogP contribution in [0.3, 0.4) is 0 Å². The zero-order valence-corrected chi connectivity index (χ0v) is 20.4. The minimum atomic E-state index is -0.739. The third-order valence-electron chi connectivity index (χ3n) is 5.83. The second kappa shape index (κ2) is 10.6. The van der Waals surface area contributed by atoms with Gasteiger partial charge in [-0.2, -0.15) is 0 Å². The largest absolute Gasteiger partial charge is 0.508 e.